The molecule has 0 radical (unpaired) electrons. The van der Waals surface area contributed by atoms with Crippen molar-refractivity contribution in [2.75, 3.05) is 47.5 Å². The fraction of sp³-hybridized carbons (Fsp3) is 0.871. The second kappa shape index (κ2) is 25.3. The Bertz CT molecular complexity index is 738. The minimum atomic E-state index is -4.35. The summed E-state index contributed by atoms with van der Waals surface area (Å²) in [6.45, 7) is 4.27. The van der Waals surface area contributed by atoms with E-state index < -0.39 is 26.5 Å². The molecule has 0 fully saturated rings. The Morgan fingerprint density at radius 2 is 1.27 bits per heavy atom. The lowest BCUT2D eigenvalue weighted by Crippen LogP contribution is -2.37. The number of quaternary nitrogens is 1. The van der Waals surface area contributed by atoms with Gasteiger partial charge >= 0.3 is 19.8 Å². The molecule has 9 nitrogen and oxygen atoms in total. The molecule has 0 aromatic heterocycles. The Morgan fingerprint density at radius 3 is 1.88 bits per heavy atom. The molecule has 41 heavy (non-hydrogen) atoms. The number of allylic oxidation sites excluding steroid dienone is 2. The van der Waals surface area contributed by atoms with Gasteiger partial charge in [-0.3, -0.25) is 18.6 Å². The number of esters is 2. The van der Waals surface area contributed by atoms with Gasteiger partial charge in [0.25, 0.3) is 0 Å². The molecule has 0 amide bonds. The Kier molecular flexibility index (Phi) is 24.5. The van der Waals surface area contributed by atoms with E-state index in [1.165, 1.54) is 25.7 Å². The van der Waals surface area contributed by atoms with Crippen LogP contribution in [-0.4, -0.2) is 74.9 Å². The van der Waals surface area contributed by atoms with Crippen molar-refractivity contribution in [3.05, 3.63) is 12.2 Å². The molecule has 0 aliphatic heterocycles. The molecule has 0 heterocycles. The number of unbranched alkanes of at least 4 members (excludes halogenated alkanes) is 12. The van der Waals surface area contributed by atoms with E-state index in [1.54, 1.807) is 0 Å². The highest BCUT2D eigenvalue weighted by molar-refractivity contribution is 7.47. The third kappa shape index (κ3) is 28.6. The maximum Gasteiger partial charge on any atom is 0.472 e. The van der Waals surface area contributed by atoms with Gasteiger partial charge < -0.3 is 18.9 Å². The first kappa shape index (κ1) is 39.8. The fourth-order valence-corrected chi connectivity index (χ4v) is 4.67. The van der Waals surface area contributed by atoms with Crippen LogP contribution in [0.4, 0.5) is 0 Å². The molecule has 1 unspecified atom stereocenters. The summed E-state index contributed by atoms with van der Waals surface area (Å²) in [6, 6.07) is 0. The Hall–Kier alpha value is -1.25. The van der Waals surface area contributed by atoms with E-state index in [4.69, 9.17) is 18.5 Å². The van der Waals surface area contributed by atoms with Crippen LogP contribution in [0, 0.1) is 0 Å². The zero-order valence-corrected chi connectivity index (χ0v) is 27.7. The van der Waals surface area contributed by atoms with Gasteiger partial charge in [0.15, 0.2) is 6.10 Å². The van der Waals surface area contributed by atoms with Crippen molar-refractivity contribution in [3.63, 3.8) is 0 Å². The zero-order valence-electron chi connectivity index (χ0n) is 26.8. The first-order valence-electron chi connectivity index (χ1n) is 15.9. The van der Waals surface area contributed by atoms with E-state index in [-0.39, 0.29) is 32.0 Å². The summed E-state index contributed by atoms with van der Waals surface area (Å²) >= 11 is 0. The van der Waals surface area contributed by atoms with E-state index in [0.29, 0.717) is 17.4 Å². The highest BCUT2D eigenvalue weighted by Crippen LogP contribution is 2.43. The third-order valence-electron chi connectivity index (χ3n) is 6.55. The zero-order chi connectivity index (χ0) is 30.8. The lowest BCUT2D eigenvalue weighted by molar-refractivity contribution is -0.870. The largest absolute Gasteiger partial charge is 0.472 e. The molecule has 242 valence electrons. The molecule has 0 bridgehead atoms. The van der Waals surface area contributed by atoms with Crippen LogP contribution in [0.15, 0.2) is 12.2 Å². The van der Waals surface area contributed by atoms with Gasteiger partial charge in [-0.1, -0.05) is 90.2 Å². The van der Waals surface area contributed by atoms with Crippen molar-refractivity contribution in [1.82, 2.24) is 0 Å². The van der Waals surface area contributed by atoms with Crippen LogP contribution in [-0.2, 0) is 32.7 Å². The fourth-order valence-electron chi connectivity index (χ4n) is 3.93. The van der Waals surface area contributed by atoms with Crippen molar-refractivity contribution >= 4 is 19.8 Å². The van der Waals surface area contributed by atoms with Gasteiger partial charge in [0.2, 0.25) is 0 Å². The number of ether oxygens (including phenoxy) is 2. The van der Waals surface area contributed by atoms with E-state index in [1.807, 2.05) is 21.1 Å². The van der Waals surface area contributed by atoms with Crippen LogP contribution in [0.1, 0.15) is 123 Å². The predicted octanol–water partition coefficient (Wildman–Crippen LogP) is 7.51. The number of carbonyl (C=O) groups excluding carboxylic acids is 2. The topological polar surface area (TPSA) is 108 Å². The lowest BCUT2D eigenvalue weighted by Gasteiger charge is -2.24. The molecule has 0 saturated heterocycles. The highest BCUT2D eigenvalue weighted by atomic mass is 31.2. The Morgan fingerprint density at radius 1 is 0.732 bits per heavy atom. The number of phosphoric ester groups is 1. The maximum absolute atomic E-state index is 12.5. The van der Waals surface area contributed by atoms with Crippen molar-refractivity contribution in [3.8, 4) is 0 Å². The van der Waals surface area contributed by atoms with Gasteiger partial charge in [-0.15, -0.1) is 0 Å². The van der Waals surface area contributed by atoms with Crippen LogP contribution in [0.25, 0.3) is 0 Å². The molecule has 0 aromatic carbocycles. The van der Waals surface area contributed by atoms with Gasteiger partial charge in [0, 0.05) is 12.8 Å². The SMILES string of the molecule is CCCC/C=C/CCCCCCCC(=O)O[C@H](COC(=O)CCCCCCCC)COP(=O)(O)OCC[N+](C)(C)C. The van der Waals surface area contributed by atoms with Crippen molar-refractivity contribution in [2.45, 2.75) is 129 Å². The molecular formula is C31H61NO8P+. The minimum absolute atomic E-state index is 0.0319. The number of hydrogen-bond donors (Lipinski definition) is 1. The monoisotopic (exact) mass is 606 g/mol. The standard InChI is InChI=1S/C31H60NO8P/c1-6-8-10-12-14-15-16-17-18-20-22-24-31(34)40-29(27-37-30(33)23-21-19-13-11-9-7-2)28-39-41(35,36)38-26-25-32(3,4)5/h12,14,29H,6-11,13,15-28H2,1-5H3/p+1/b14-12+/t29-/m1/s1. The Labute approximate surface area is 250 Å². The summed E-state index contributed by atoms with van der Waals surface area (Å²) in [7, 11) is 1.47. The molecule has 0 aromatic rings. The molecule has 0 aliphatic carbocycles. The number of hydrogen-bond acceptors (Lipinski definition) is 7. The van der Waals surface area contributed by atoms with Crippen LogP contribution >= 0.6 is 7.82 Å². The molecule has 0 saturated carbocycles. The maximum atomic E-state index is 12.5. The van der Waals surface area contributed by atoms with Crippen LogP contribution < -0.4 is 0 Å². The summed E-state index contributed by atoms with van der Waals surface area (Å²) in [5, 5.41) is 0. The molecule has 1 N–H and O–H groups in total. The van der Waals surface area contributed by atoms with Gasteiger partial charge in [-0.05, 0) is 32.1 Å². The van der Waals surface area contributed by atoms with Crippen LogP contribution in [0.3, 0.4) is 0 Å². The summed E-state index contributed by atoms with van der Waals surface area (Å²) in [5.41, 5.74) is 0. The lowest BCUT2D eigenvalue weighted by atomic mass is 10.1. The second-order valence-electron chi connectivity index (χ2n) is 11.8. The van der Waals surface area contributed by atoms with Crippen molar-refractivity contribution in [2.24, 2.45) is 0 Å². The molecule has 2 atom stereocenters. The predicted molar refractivity (Wildman–Crippen MR) is 164 cm³/mol. The smallest absolute Gasteiger partial charge is 0.462 e. The number of carbonyl (C=O) groups is 2. The average molecular weight is 607 g/mol. The third-order valence-corrected chi connectivity index (χ3v) is 7.53. The summed E-state index contributed by atoms with van der Waals surface area (Å²) in [6.07, 6.45) is 20.0. The molecule has 10 heteroatoms. The van der Waals surface area contributed by atoms with Gasteiger partial charge in [-0.2, -0.15) is 0 Å². The number of likely N-dealkylation sites (N-methyl/N-ethyl adjacent to an activating group) is 1. The molecule has 0 rings (SSSR count). The normalized spacial score (nSPS) is 14.2. The van der Waals surface area contributed by atoms with Crippen molar-refractivity contribution < 1.29 is 42.1 Å². The summed E-state index contributed by atoms with van der Waals surface area (Å²) < 4.78 is 33.8. The molecule has 0 aliphatic rings. The number of phosphoric acid groups is 1. The summed E-state index contributed by atoms with van der Waals surface area (Å²) in [5.74, 6) is -0.823. The quantitative estimate of drug-likeness (QED) is 0.0321. The Balaban J connectivity index is 4.53. The highest BCUT2D eigenvalue weighted by Gasteiger charge is 2.27. The van der Waals surface area contributed by atoms with Crippen LogP contribution in [0.2, 0.25) is 0 Å². The first-order chi connectivity index (χ1) is 19.5. The number of rotatable bonds is 28. The van der Waals surface area contributed by atoms with E-state index in [9.17, 15) is 19.0 Å². The van der Waals surface area contributed by atoms with Crippen molar-refractivity contribution in [1.29, 1.82) is 0 Å². The van der Waals surface area contributed by atoms with E-state index in [2.05, 4.69) is 26.0 Å². The van der Waals surface area contributed by atoms with Gasteiger partial charge in [0.05, 0.1) is 27.7 Å². The minimum Gasteiger partial charge on any atom is -0.462 e. The number of nitrogens with zero attached hydrogens (tertiary/aromatic N) is 1. The molecule has 0 spiro atoms. The first-order valence-corrected chi connectivity index (χ1v) is 17.4. The van der Waals surface area contributed by atoms with E-state index in [0.717, 1.165) is 64.2 Å². The van der Waals surface area contributed by atoms with Gasteiger partial charge in [-0.25, -0.2) is 4.57 Å². The van der Waals surface area contributed by atoms with E-state index >= 15 is 0 Å². The second-order valence-corrected chi connectivity index (χ2v) is 13.3. The average Bonchev–Trinajstić information content (AvgIpc) is 2.90. The molecular weight excluding hydrogens is 545 g/mol. The van der Waals surface area contributed by atoms with Crippen LogP contribution in [0.5, 0.6) is 0 Å². The van der Waals surface area contributed by atoms with Gasteiger partial charge in [0.1, 0.15) is 19.8 Å². The summed E-state index contributed by atoms with van der Waals surface area (Å²) in [4.78, 5) is 34.7.